The molecular formula is C21H21FN6O. The topological polar surface area (TPSA) is 107 Å². The lowest BCUT2D eigenvalue weighted by Gasteiger charge is -2.20. The Morgan fingerprint density at radius 3 is 2.62 bits per heavy atom. The molecule has 3 rings (SSSR count). The van der Waals surface area contributed by atoms with Gasteiger partial charge in [0.1, 0.15) is 23.3 Å². The Morgan fingerprint density at radius 1 is 1.14 bits per heavy atom. The van der Waals surface area contributed by atoms with Gasteiger partial charge >= 0.3 is 0 Å². The minimum absolute atomic E-state index is 0.0833. The van der Waals surface area contributed by atoms with Crippen LogP contribution >= 0.6 is 0 Å². The maximum atomic E-state index is 13.9. The molecule has 0 amide bonds. The molecule has 3 N–H and O–H groups in total. The first-order valence-corrected chi connectivity index (χ1v) is 9.15. The van der Waals surface area contributed by atoms with Crippen molar-refractivity contribution in [3.63, 3.8) is 0 Å². The molecule has 0 aliphatic heterocycles. The summed E-state index contributed by atoms with van der Waals surface area (Å²) < 4.78 is 13.9. The van der Waals surface area contributed by atoms with Crippen molar-refractivity contribution in [2.75, 3.05) is 17.2 Å². The molecule has 148 valence electrons. The van der Waals surface area contributed by atoms with Gasteiger partial charge in [-0.25, -0.2) is 9.37 Å². The summed E-state index contributed by atoms with van der Waals surface area (Å²) in [7, 11) is 0. The first-order valence-electron chi connectivity index (χ1n) is 9.15. The van der Waals surface area contributed by atoms with Crippen molar-refractivity contribution >= 4 is 17.5 Å². The highest BCUT2D eigenvalue weighted by molar-refractivity contribution is 5.69. The average Bonchev–Trinajstić information content (AvgIpc) is 2.72. The predicted octanol–water partition coefficient (Wildman–Crippen LogP) is 3.72. The van der Waals surface area contributed by atoms with Gasteiger partial charge in [-0.3, -0.25) is 4.98 Å². The van der Waals surface area contributed by atoms with Crippen LogP contribution in [0.2, 0.25) is 0 Å². The van der Waals surface area contributed by atoms with E-state index in [1.165, 1.54) is 12.1 Å². The number of hydrogen-bond acceptors (Lipinski definition) is 7. The molecule has 0 bridgehead atoms. The van der Waals surface area contributed by atoms with Crippen molar-refractivity contribution in [2.45, 2.75) is 19.9 Å². The Kier molecular flexibility index (Phi) is 6.32. The van der Waals surface area contributed by atoms with Crippen molar-refractivity contribution in [1.29, 1.82) is 5.26 Å². The summed E-state index contributed by atoms with van der Waals surface area (Å²) in [5, 5.41) is 25.0. The molecule has 1 atom stereocenters. The van der Waals surface area contributed by atoms with Crippen LogP contribution in [0.15, 0.2) is 48.7 Å². The number of nitrogens with zero attached hydrogens (tertiary/aromatic N) is 4. The Balaban J connectivity index is 2.03. The lowest BCUT2D eigenvalue weighted by molar-refractivity contribution is 0.248. The lowest BCUT2D eigenvalue weighted by atomic mass is 10.1. The molecule has 1 aromatic carbocycles. The van der Waals surface area contributed by atoms with Gasteiger partial charge in [0.2, 0.25) is 5.95 Å². The Hall–Kier alpha value is -3.57. The third-order valence-electron chi connectivity index (χ3n) is 4.36. The normalized spacial score (nSPS) is 11.7. The van der Waals surface area contributed by atoms with Crippen molar-refractivity contribution in [1.82, 2.24) is 15.0 Å². The number of benzene rings is 1. The number of pyridine rings is 1. The summed E-state index contributed by atoms with van der Waals surface area (Å²) in [6.45, 7) is 3.86. The molecule has 2 heterocycles. The summed E-state index contributed by atoms with van der Waals surface area (Å²) >= 11 is 0. The van der Waals surface area contributed by atoms with E-state index >= 15 is 0 Å². The monoisotopic (exact) mass is 392 g/mol. The van der Waals surface area contributed by atoms with Gasteiger partial charge in [0, 0.05) is 12.3 Å². The van der Waals surface area contributed by atoms with Gasteiger partial charge in [-0.15, -0.1) is 0 Å². The Labute approximate surface area is 168 Å². The number of aliphatic hydroxyl groups is 1. The van der Waals surface area contributed by atoms with E-state index in [9.17, 15) is 14.8 Å². The maximum Gasteiger partial charge on any atom is 0.225 e. The largest absolute Gasteiger partial charge is 0.394 e. The van der Waals surface area contributed by atoms with Gasteiger partial charge < -0.3 is 15.7 Å². The van der Waals surface area contributed by atoms with Gasteiger partial charge in [-0.05, 0) is 30.2 Å². The van der Waals surface area contributed by atoms with E-state index in [0.717, 1.165) is 0 Å². The number of halogens is 1. The lowest BCUT2D eigenvalue weighted by Crippen LogP contribution is -2.30. The van der Waals surface area contributed by atoms with Gasteiger partial charge in [0.05, 0.1) is 29.7 Å². The van der Waals surface area contributed by atoms with Gasteiger partial charge in [0.15, 0.2) is 0 Å². The second-order valence-electron chi connectivity index (χ2n) is 6.75. The van der Waals surface area contributed by atoms with E-state index in [-0.39, 0.29) is 24.1 Å². The minimum Gasteiger partial charge on any atom is -0.394 e. The average molecular weight is 392 g/mol. The molecule has 8 heteroatoms. The fourth-order valence-electron chi connectivity index (χ4n) is 2.69. The summed E-state index contributed by atoms with van der Waals surface area (Å²) in [5.41, 5.74) is 1.37. The fraction of sp³-hybridized carbons (Fsp3) is 0.238. The molecule has 0 saturated heterocycles. The molecule has 0 fully saturated rings. The van der Waals surface area contributed by atoms with E-state index in [1.54, 1.807) is 24.4 Å². The highest BCUT2D eigenvalue weighted by Crippen LogP contribution is 2.25. The van der Waals surface area contributed by atoms with E-state index in [2.05, 4.69) is 25.6 Å². The Morgan fingerprint density at radius 2 is 1.97 bits per heavy atom. The van der Waals surface area contributed by atoms with Crippen LogP contribution < -0.4 is 10.6 Å². The standard InChI is InChI=1S/C21H21FN6O/c1-13(2)19(12-29)27-21-26-18(17-7-3-4-9-24-17)10-20(28-21)25-16-8-5-6-15(22)14(16)11-23/h3-10,13,19,29H,12H2,1-2H3,(H2,25,26,27,28)/t19-/m1/s1. The van der Waals surface area contributed by atoms with Gasteiger partial charge in [-0.2, -0.15) is 10.2 Å². The van der Waals surface area contributed by atoms with E-state index in [0.29, 0.717) is 28.8 Å². The SMILES string of the molecule is CC(C)[C@@H](CO)Nc1nc(Nc2cccc(F)c2C#N)cc(-c2ccccn2)n1. The molecular weight excluding hydrogens is 371 g/mol. The first-order chi connectivity index (χ1) is 14.0. The summed E-state index contributed by atoms with van der Waals surface area (Å²) in [6, 6.07) is 13.1. The highest BCUT2D eigenvalue weighted by atomic mass is 19.1. The molecule has 7 nitrogen and oxygen atoms in total. The van der Waals surface area contributed by atoms with Crippen LogP contribution in [0.25, 0.3) is 11.4 Å². The van der Waals surface area contributed by atoms with Crippen LogP contribution in [0, 0.1) is 23.1 Å². The zero-order chi connectivity index (χ0) is 20.8. The molecule has 0 aliphatic rings. The van der Waals surface area contributed by atoms with Crippen molar-refractivity contribution in [3.8, 4) is 17.5 Å². The summed E-state index contributed by atoms with van der Waals surface area (Å²) in [6.07, 6.45) is 1.66. The molecule has 29 heavy (non-hydrogen) atoms. The number of aliphatic hydroxyl groups excluding tert-OH is 1. The van der Waals surface area contributed by atoms with Gasteiger partial charge in [0.25, 0.3) is 0 Å². The zero-order valence-electron chi connectivity index (χ0n) is 16.1. The quantitative estimate of drug-likeness (QED) is 0.562. The number of nitrogens with one attached hydrogen (secondary N) is 2. The molecule has 3 aromatic rings. The van der Waals surface area contributed by atoms with Crippen LogP contribution in [-0.4, -0.2) is 32.7 Å². The molecule has 0 unspecified atom stereocenters. The second-order valence-corrected chi connectivity index (χ2v) is 6.75. The zero-order valence-corrected chi connectivity index (χ0v) is 16.1. The number of hydrogen-bond donors (Lipinski definition) is 3. The molecule has 2 aromatic heterocycles. The smallest absolute Gasteiger partial charge is 0.225 e. The van der Waals surface area contributed by atoms with Crippen LogP contribution in [0.1, 0.15) is 19.4 Å². The van der Waals surface area contributed by atoms with E-state index in [4.69, 9.17) is 0 Å². The molecule has 0 radical (unpaired) electrons. The third-order valence-corrected chi connectivity index (χ3v) is 4.36. The predicted molar refractivity (Wildman–Crippen MR) is 109 cm³/mol. The van der Waals surface area contributed by atoms with Crippen molar-refractivity contribution in [2.24, 2.45) is 5.92 Å². The van der Waals surface area contributed by atoms with E-state index in [1.807, 2.05) is 32.0 Å². The van der Waals surface area contributed by atoms with Crippen LogP contribution in [0.5, 0.6) is 0 Å². The molecule has 0 aliphatic carbocycles. The number of rotatable bonds is 7. The summed E-state index contributed by atoms with van der Waals surface area (Å²) in [5.74, 6) is 0.186. The van der Waals surface area contributed by atoms with E-state index < -0.39 is 5.82 Å². The van der Waals surface area contributed by atoms with Crippen molar-refractivity contribution < 1.29 is 9.50 Å². The molecule has 0 saturated carbocycles. The summed E-state index contributed by atoms with van der Waals surface area (Å²) in [4.78, 5) is 13.2. The van der Waals surface area contributed by atoms with Crippen molar-refractivity contribution in [3.05, 3.63) is 60.0 Å². The maximum absolute atomic E-state index is 13.9. The van der Waals surface area contributed by atoms with Crippen LogP contribution in [0.4, 0.5) is 21.8 Å². The number of nitriles is 1. The highest BCUT2D eigenvalue weighted by Gasteiger charge is 2.16. The third kappa shape index (κ3) is 4.83. The van der Waals surface area contributed by atoms with Crippen LogP contribution in [0.3, 0.4) is 0 Å². The Bertz CT molecular complexity index is 1020. The molecule has 0 spiro atoms. The minimum atomic E-state index is -0.616. The fourth-order valence-corrected chi connectivity index (χ4v) is 2.69. The van der Waals surface area contributed by atoms with Crippen LogP contribution in [-0.2, 0) is 0 Å². The van der Waals surface area contributed by atoms with Gasteiger partial charge in [-0.1, -0.05) is 26.0 Å². The first kappa shape index (κ1) is 20.2. The number of aromatic nitrogens is 3. The number of anilines is 3. The second kappa shape index (κ2) is 9.08.